The molecular formula is C18H28N4O. The molecule has 0 unspecified atom stereocenters. The van der Waals surface area contributed by atoms with Gasteiger partial charge < -0.3 is 10.2 Å². The van der Waals surface area contributed by atoms with E-state index in [9.17, 15) is 4.79 Å². The molecule has 2 aliphatic rings. The van der Waals surface area contributed by atoms with Crippen molar-refractivity contribution < 1.29 is 4.79 Å². The fourth-order valence-electron chi connectivity index (χ4n) is 3.39. The molecule has 23 heavy (non-hydrogen) atoms. The van der Waals surface area contributed by atoms with Gasteiger partial charge in [0.05, 0.1) is 6.54 Å². The molecule has 2 fully saturated rings. The number of amides is 1. The second-order valence-corrected chi connectivity index (χ2v) is 6.67. The molecule has 0 aliphatic carbocycles. The molecule has 126 valence electrons. The van der Waals surface area contributed by atoms with Crippen molar-refractivity contribution in [3.63, 3.8) is 0 Å². The molecule has 0 spiro atoms. The van der Waals surface area contributed by atoms with E-state index in [4.69, 9.17) is 0 Å². The molecule has 0 radical (unpaired) electrons. The average molecular weight is 316 g/mol. The van der Waals surface area contributed by atoms with Gasteiger partial charge in [-0.25, -0.2) is 0 Å². The Morgan fingerprint density at radius 3 is 2.57 bits per heavy atom. The molecule has 0 saturated carbocycles. The third kappa shape index (κ3) is 4.53. The summed E-state index contributed by atoms with van der Waals surface area (Å²) in [6, 6.07) is 11.0. The van der Waals surface area contributed by atoms with Crippen molar-refractivity contribution in [3.05, 3.63) is 35.9 Å². The summed E-state index contributed by atoms with van der Waals surface area (Å²) in [5.74, 6) is 0.290. The Hall–Kier alpha value is -1.43. The van der Waals surface area contributed by atoms with Crippen LogP contribution in [0.15, 0.2) is 30.3 Å². The third-order valence-corrected chi connectivity index (χ3v) is 4.95. The topological polar surface area (TPSA) is 38.8 Å². The molecular weight excluding hydrogens is 288 g/mol. The summed E-state index contributed by atoms with van der Waals surface area (Å²) in [4.78, 5) is 19.3. The normalized spacial score (nSPS) is 23.9. The molecule has 1 aromatic carbocycles. The average Bonchev–Trinajstić information content (AvgIpc) is 2.58. The van der Waals surface area contributed by atoms with E-state index in [-0.39, 0.29) is 5.91 Å². The Morgan fingerprint density at radius 1 is 1.13 bits per heavy atom. The van der Waals surface area contributed by atoms with Crippen molar-refractivity contribution in [1.29, 1.82) is 0 Å². The van der Waals surface area contributed by atoms with Crippen molar-refractivity contribution in [2.75, 3.05) is 52.4 Å². The van der Waals surface area contributed by atoms with Crippen molar-refractivity contribution in [1.82, 2.24) is 20.0 Å². The number of nitrogens with one attached hydrogen (secondary N) is 1. The number of benzene rings is 1. The Morgan fingerprint density at radius 2 is 1.87 bits per heavy atom. The van der Waals surface area contributed by atoms with Crippen LogP contribution < -0.4 is 5.32 Å². The number of rotatable bonds is 4. The monoisotopic (exact) mass is 316 g/mol. The highest BCUT2D eigenvalue weighted by Crippen LogP contribution is 2.10. The zero-order valence-electron chi connectivity index (χ0n) is 14.1. The van der Waals surface area contributed by atoms with Crippen LogP contribution >= 0.6 is 0 Å². The minimum absolute atomic E-state index is 0.290. The van der Waals surface area contributed by atoms with Crippen LogP contribution in [0.2, 0.25) is 0 Å². The van der Waals surface area contributed by atoms with Gasteiger partial charge >= 0.3 is 0 Å². The van der Waals surface area contributed by atoms with E-state index in [1.54, 1.807) is 0 Å². The molecule has 5 nitrogen and oxygen atoms in total. The lowest BCUT2D eigenvalue weighted by molar-refractivity contribution is -0.135. The minimum Gasteiger partial charge on any atom is -0.339 e. The summed E-state index contributed by atoms with van der Waals surface area (Å²) < 4.78 is 0. The van der Waals surface area contributed by atoms with Crippen molar-refractivity contribution >= 4 is 5.91 Å². The predicted molar refractivity (Wildman–Crippen MR) is 92.2 cm³/mol. The zero-order chi connectivity index (χ0) is 16.1. The minimum atomic E-state index is 0.290. The first-order chi connectivity index (χ1) is 11.2. The highest BCUT2D eigenvalue weighted by molar-refractivity contribution is 5.78. The van der Waals surface area contributed by atoms with Gasteiger partial charge in [0.2, 0.25) is 5.91 Å². The molecule has 2 aliphatic heterocycles. The third-order valence-electron chi connectivity index (χ3n) is 4.95. The molecule has 3 rings (SSSR count). The lowest BCUT2D eigenvalue weighted by atomic mass is 10.2. The van der Waals surface area contributed by atoms with Crippen LogP contribution in [0.4, 0.5) is 0 Å². The van der Waals surface area contributed by atoms with E-state index in [0.29, 0.717) is 12.6 Å². The molecule has 1 N–H and O–H groups in total. The highest BCUT2D eigenvalue weighted by atomic mass is 16.2. The fraction of sp³-hybridized carbons (Fsp3) is 0.611. The van der Waals surface area contributed by atoms with Gasteiger partial charge in [-0.3, -0.25) is 14.6 Å². The van der Waals surface area contributed by atoms with Gasteiger partial charge in [-0.2, -0.15) is 0 Å². The summed E-state index contributed by atoms with van der Waals surface area (Å²) in [7, 11) is 0. The van der Waals surface area contributed by atoms with Gasteiger partial charge in [-0.15, -0.1) is 0 Å². The zero-order valence-corrected chi connectivity index (χ0v) is 14.1. The molecule has 2 heterocycles. The number of carbonyl (C=O) groups is 1. The summed E-state index contributed by atoms with van der Waals surface area (Å²) in [5, 5.41) is 3.37. The SMILES string of the molecule is C[C@H]1CNCCN1CC(=O)N1CCN(Cc2ccccc2)CC1. The molecule has 2 saturated heterocycles. The van der Waals surface area contributed by atoms with E-state index in [0.717, 1.165) is 52.4 Å². The first-order valence-corrected chi connectivity index (χ1v) is 8.71. The summed E-state index contributed by atoms with van der Waals surface area (Å²) in [6.07, 6.45) is 0. The Labute approximate surface area is 139 Å². The van der Waals surface area contributed by atoms with Crippen molar-refractivity contribution in [2.24, 2.45) is 0 Å². The number of piperazine rings is 2. The van der Waals surface area contributed by atoms with Crippen molar-refractivity contribution in [3.8, 4) is 0 Å². The second kappa shape index (κ2) is 7.90. The molecule has 0 aromatic heterocycles. The molecule has 0 bridgehead atoms. The lowest BCUT2D eigenvalue weighted by Gasteiger charge is -2.38. The number of nitrogens with zero attached hydrogens (tertiary/aromatic N) is 3. The molecule has 1 amide bonds. The predicted octanol–water partition coefficient (Wildman–Crippen LogP) is 0.625. The first kappa shape index (κ1) is 16.4. The van der Waals surface area contributed by atoms with E-state index in [1.807, 2.05) is 4.90 Å². The Kier molecular flexibility index (Phi) is 5.65. The van der Waals surface area contributed by atoms with Crippen LogP contribution in [-0.2, 0) is 11.3 Å². The maximum Gasteiger partial charge on any atom is 0.236 e. The van der Waals surface area contributed by atoms with E-state index < -0.39 is 0 Å². The maximum absolute atomic E-state index is 12.5. The summed E-state index contributed by atoms with van der Waals surface area (Å²) >= 11 is 0. The maximum atomic E-state index is 12.5. The van der Waals surface area contributed by atoms with Crippen LogP contribution in [0.25, 0.3) is 0 Å². The summed E-state index contributed by atoms with van der Waals surface area (Å²) in [6.45, 7) is 10.3. The van der Waals surface area contributed by atoms with Gasteiger partial charge in [-0.1, -0.05) is 30.3 Å². The first-order valence-electron chi connectivity index (χ1n) is 8.71. The summed E-state index contributed by atoms with van der Waals surface area (Å²) in [5.41, 5.74) is 1.35. The van der Waals surface area contributed by atoms with Crippen molar-refractivity contribution in [2.45, 2.75) is 19.5 Å². The van der Waals surface area contributed by atoms with Gasteiger partial charge in [-0.05, 0) is 12.5 Å². The highest BCUT2D eigenvalue weighted by Gasteiger charge is 2.25. The van der Waals surface area contributed by atoms with Gasteiger partial charge in [0.1, 0.15) is 0 Å². The van der Waals surface area contributed by atoms with E-state index >= 15 is 0 Å². The van der Waals surface area contributed by atoms with Crippen LogP contribution in [0.1, 0.15) is 12.5 Å². The van der Waals surface area contributed by atoms with Crippen LogP contribution in [-0.4, -0.2) is 79.0 Å². The number of carbonyl (C=O) groups excluding carboxylic acids is 1. The quantitative estimate of drug-likeness (QED) is 0.884. The largest absolute Gasteiger partial charge is 0.339 e. The second-order valence-electron chi connectivity index (χ2n) is 6.67. The number of hydrogen-bond donors (Lipinski definition) is 1. The lowest BCUT2D eigenvalue weighted by Crippen LogP contribution is -2.55. The fourth-order valence-corrected chi connectivity index (χ4v) is 3.39. The smallest absolute Gasteiger partial charge is 0.236 e. The standard InChI is InChI=1S/C18H28N4O/c1-16-13-19-7-8-22(16)15-18(23)21-11-9-20(10-12-21)14-17-5-3-2-4-6-17/h2-6,16,19H,7-15H2,1H3/t16-/m0/s1. The molecule has 1 atom stereocenters. The Balaban J connectivity index is 1.44. The molecule has 1 aromatic rings. The Bertz CT molecular complexity index is 499. The van der Waals surface area contributed by atoms with Gasteiger partial charge in [0.25, 0.3) is 0 Å². The van der Waals surface area contributed by atoms with Gasteiger partial charge in [0.15, 0.2) is 0 Å². The van der Waals surface area contributed by atoms with E-state index in [1.165, 1.54) is 5.56 Å². The van der Waals surface area contributed by atoms with Crippen LogP contribution in [0, 0.1) is 0 Å². The van der Waals surface area contributed by atoms with Crippen LogP contribution in [0.3, 0.4) is 0 Å². The van der Waals surface area contributed by atoms with Gasteiger partial charge in [0, 0.05) is 58.4 Å². The number of hydrogen-bond acceptors (Lipinski definition) is 4. The van der Waals surface area contributed by atoms with E-state index in [2.05, 4.69) is 52.4 Å². The van der Waals surface area contributed by atoms with Crippen LogP contribution in [0.5, 0.6) is 0 Å². The molecule has 5 heteroatoms.